The second-order valence-electron chi connectivity index (χ2n) is 10.5. The molecule has 1 amide bonds. The van der Waals surface area contributed by atoms with Crippen molar-refractivity contribution in [1.82, 2.24) is 19.6 Å². The molecular formula is C31H32N6O3. The van der Waals surface area contributed by atoms with Gasteiger partial charge in [0.2, 0.25) is 5.95 Å². The van der Waals surface area contributed by atoms with Crippen molar-refractivity contribution in [3.8, 4) is 22.8 Å². The van der Waals surface area contributed by atoms with Gasteiger partial charge in [0.05, 0.1) is 14.2 Å². The smallest absolute Gasteiger partial charge is 0.255 e. The van der Waals surface area contributed by atoms with Crippen molar-refractivity contribution in [1.29, 1.82) is 0 Å². The number of aromatic nitrogens is 4. The third-order valence-corrected chi connectivity index (χ3v) is 6.71. The highest BCUT2D eigenvalue weighted by atomic mass is 16.5. The SMILES string of the molecule is COc1cc(Nc2nc3c(-c4cccc(NC(=O)c5ccc(C(C)(C)C)cc5)c4C)nccn3n2)cc(OC)c1. The number of rotatable bonds is 7. The Kier molecular flexibility index (Phi) is 7.13. The van der Waals surface area contributed by atoms with Gasteiger partial charge in [-0.2, -0.15) is 4.98 Å². The van der Waals surface area contributed by atoms with Gasteiger partial charge in [-0.25, -0.2) is 4.52 Å². The largest absolute Gasteiger partial charge is 0.497 e. The molecule has 0 unspecified atom stereocenters. The number of nitrogens with zero attached hydrogens (tertiary/aromatic N) is 4. The molecule has 0 bridgehead atoms. The van der Waals surface area contributed by atoms with Gasteiger partial charge in [-0.15, -0.1) is 5.10 Å². The molecule has 0 saturated carbocycles. The summed E-state index contributed by atoms with van der Waals surface area (Å²) in [5, 5.41) is 10.8. The molecule has 0 radical (unpaired) electrons. The summed E-state index contributed by atoms with van der Waals surface area (Å²) in [5.74, 6) is 1.51. The Morgan fingerprint density at radius 3 is 2.30 bits per heavy atom. The number of ether oxygens (including phenoxy) is 2. The monoisotopic (exact) mass is 536 g/mol. The van der Waals surface area contributed by atoms with Crippen LogP contribution in [0.3, 0.4) is 0 Å². The van der Waals surface area contributed by atoms with Crippen LogP contribution in [0, 0.1) is 6.92 Å². The molecule has 0 aliphatic heterocycles. The van der Waals surface area contributed by atoms with Crippen LogP contribution in [0.2, 0.25) is 0 Å². The number of nitrogens with one attached hydrogen (secondary N) is 2. The minimum absolute atomic E-state index is 0.0197. The van der Waals surface area contributed by atoms with Crippen molar-refractivity contribution in [2.75, 3.05) is 24.9 Å². The van der Waals surface area contributed by atoms with Gasteiger partial charge in [-0.3, -0.25) is 9.78 Å². The molecule has 0 aliphatic rings. The lowest BCUT2D eigenvalue weighted by Crippen LogP contribution is -2.15. The molecule has 5 rings (SSSR count). The summed E-state index contributed by atoms with van der Waals surface area (Å²) >= 11 is 0. The molecule has 0 saturated heterocycles. The maximum atomic E-state index is 13.1. The summed E-state index contributed by atoms with van der Waals surface area (Å²) in [5.41, 5.74) is 6.15. The maximum Gasteiger partial charge on any atom is 0.255 e. The van der Waals surface area contributed by atoms with E-state index in [2.05, 4.69) is 41.5 Å². The van der Waals surface area contributed by atoms with Gasteiger partial charge in [-0.1, -0.05) is 45.0 Å². The van der Waals surface area contributed by atoms with Crippen molar-refractivity contribution in [2.45, 2.75) is 33.1 Å². The van der Waals surface area contributed by atoms with Crippen LogP contribution >= 0.6 is 0 Å². The van der Waals surface area contributed by atoms with Gasteiger partial charge in [0, 0.05) is 53.1 Å². The summed E-state index contributed by atoms with van der Waals surface area (Å²) in [6, 6.07) is 18.9. The number of hydrogen-bond acceptors (Lipinski definition) is 7. The highest BCUT2D eigenvalue weighted by molar-refractivity contribution is 6.05. The van der Waals surface area contributed by atoms with Crippen molar-refractivity contribution in [3.05, 3.63) is 89.7 Å². The van der Waals surface area contributed by atoms with Crippen LogP contribution in [-0.2, 0) is 5.41 Å². The number of fused-ring (bicyclic) bond motifs is 1. The van der Waals surface area contributed by atoms with E-state index in [0.29, 0.717) is 40.0 Å². The predicted octanol–water partition coefficient (Wildman–Crippen LogP) is 6.41. The second kappa shape index (κ2) is 10.7. The molecular weight excluding hydrogens is 504 g/mol. The molecule has 40 heavy (non-hydrogen) atoms. The Labute approximate surface area is 233 Å². The summed E-state index contributed by atoms with van der Waals surface area (Å²) in [6.45, 7) is 8.40. The van der Waals surface area contributed by atoms with E-state index in [1.165, 1.54) is 5.56 Å². The number of methoxy groups -OCH3 is 2. The molecule has 2 N–H and O–H groups in total. The van der Waals surface area contributed by atoms with Crippen molar-refractivity contribution < 1.29 is 14.3 Å². The first kappa shape index (κ1) is 26.7. The van der Waals surface area contributed by atoms with Crippen molar-refractivity contribution in [3.63, 3.8) is 0 Å². The minimum atomic E-state index is -0.172. The lowest BCUT2D eigenvalue weighted by atomic mass is 9.86. The lowest BCUT2D eigenvalue weighted by molar-refractivity contribution is 0.102. The highest BCUT2D eigenvalue weighted by Crippen LogP contribution is 2.31. The van der Waals surface area contributed by atoms with Crippen LogP contribution in [0.4, 0.5) is 17.3 Å². The first-order chi connectivity index (χ1) is 19.2. The average molecular weight is 537 g/mol. The molecule has 2 heterocycles. The Hall–Kier alpha value is -4.92. The van der Waals surface area contributed by atoms with Gasteiger partial charge in [0.1, 0.15) is 17.2 Å². The molecule has 3 aromatic carbocycles. The summed E-state index contributed by atoms with van der Waals surface area (Å²) < 4.78 is 12.4. The topological polar surface area (TPSA) is 103 Å². The third-order valence-electron chi connectivity index (χ3n) is 6.71. The molecule has 0 fully saturated rings. The molecule has 9 nitrogen and oxygen atoms in total. The van der Waals surface area contributed by atoms with E-state index in [1.54, 1.807) is 37.2 Å². The van der Waals surface area contributed by atoms with E-state index in [9.17, 15) is 4.79 Å². The van der Waals surface area contributed by atoms with Crippen molar-refractivity contribution >= 4 is 28.9 Å². The fraction of sp³-hybridized carbons (Fsp3) is 0.226. The lowest BCUT2D eigenvalue weighted by Gasteiger charge is -2.19. The van der Waals surface area contributed by atoms with E-state index < -0.39 is 0 Å². The first-order valence-electron chi connectivity index (χ1n) is 12.9. The highest BCUT2D eigenvalue weighted by Gasteiger charge is 2.18. The van der Waals surface area contributed by atoms with Gasteiger partial charge >= 0.3 is 0 Å². The molecule has 9 heteroatoms. The summed E-state index contributed by atoms with van der Waals surface area (Å²) in [4.78, 5) is 22.4. The number of carbonyl (C=O) groups excluding carboxylic acids is 1. The predicted molar refractivity (Wildman–Crippen MR) is 157 cm³/mol. The van der Waals surface area contributed by atoms with Gasteiger partial charge in [0.25, 0.3) is 5.91 Å². The van der Waals surface area contributed by atoms with Gasteiger partial charge in [-0.05, 0) is 41.7 Å². The zero-order chi connectivity index (χ0) is 28.4. The Morgan fingerprint density at radius 1 is 0.950 bits per heavy atom. The van der Waals surface area contributed by atoms with Crippen LogP contribution in [0.5, 0.6) is 11.5 Å². The first-order valence-corrected chi connectivity index (χ1v) is 12.9. The zero-order valence-corrected chi connectivity index (χ0v) is 23.4. The molecule has 0 atom stereocenters. The summed E-state index contributed by atoms with van der Waals surface area (Å²) in [6.07, 6.45) is 3.42. The quantitative estimate of drug-likeness (QED) is 0.248. The molecule has 2 aromatic heterocycles. The maximum absolute atomic E-state index is 13.1. The molecule has 0 spiro atoms. The normalized spacial score (nSPS) is 11.3. The Bertz CT molecular complexity index is 1660. The van der Waals surface area contributed by atoms with E-state index >= 15 is 0 Å². The van der Waals surface area contributed by atoms with E-state index in [-0.39, 0.29) is 11.3 Å². The van der Waals surface area contributed by atoms with Crippen LogP contribution in [0.1, 0.15) is 42.3 Å². The van der Waals surface area contributed by atoms with Crippen molar-refractivity contribution in [2.24, 2.45) is 0 Å². The van der Waals surface area contributed by atoms with Gasteiger partial charge in [0.15, 0.2) is 5.65 Å². The molecule has 5 aromatic rings. The zero-order valence-electron chi connectivity index (χ0n) is 23.4. The van der Waals surface area contributed by atoms with E-state index in [0.717, 1.165) is 16.8 Å². The standard InChI is InChI=1S/C31H32N6O3/c1-19-25(8-7-9-26(19)34-29(38)20-10-12-21(13-11-20)31(2,3)4)27-28-35-30(36-37(28)15-14-32-27)33-22-16-23(39-5)18-24(17-22)40-6/h7-18H,1-6H3,(H,33,36)(H,34,38). The number of anilines is 3. The second-order valence-corrected chi connectivity index (χ2v) is 10.5. The van der Waals surface area contributed by atoms with Crippen LogP contribution in [0.25, 0.3) is 16.9 Å². The number of hydrogen-bond donors (Lipinski definition) is 2. The van der Waals surface area contributed by atoms with Crippen LogP contribution < -0.4 is 20.1 Å². The molecule has 0 aliphatic carbocycles. The summed E-state index contributed by atoms with van der Waals surface area (Å²) in [7, 11) is 3.20. The average Bonchev–Trinajstić information content (AvgIpc) is 3.36. The number of amides is 1. The van der Waals surface area contributed by atoms with Crippen LogP contribution in [0.15, 0.2) is 73.1 Å². The minimum Gasteiger partial charge on any atom is -0.497 e. The Balaban J connectivity index is 1.43. The fourth-order valence-corrected chi connectivity index (χ4v) is 4.41. The Morgan fingerprint density at radius 2 is 1.65 bits per heavy atom. The van der Waals surface area contributed by atoms with E-state index in [4.69, 9.17) is 14.5 Å². The van der Waals surface area contributed by atoms with Gasteiger partial charge < -0.3 is 20.1 Å². The number of benzene rings is 3. The fourth-order valence-electron chi connectivity index (χ4n) is 4.41. The number of carbonyl (C=O) groups is 1. The van der Waals surface area contributed by atoms with E-state index in [1.807, 2.05) is 61.5 Å². The van der Waals surface area contributed by atoms with Crippen LogP contribution in [-0.4, -0.2) is 39.7 Å². The molecule has 204 valence electrons. The third kappa shape index (κ3) is 5.44.